The third-order valence-electron chi connectivity index (χ3n) is 2.78. The van der Waals surface area contributed by atoms with Gasteiger partial charge in [0.25, 0.3) is 0 Å². The molecule has 0 heterocycles. The van der Waals surface area contributed by atoms with Crippen molar-refractivity contribution in [1.29, 1.82) is 0 Å². The third kappa shape index (κ3) is 7.10. The van der Waals surface area contributed by atoms with E-state index in [0.717, 1.165) is 18.5 Å². The summed E-state index contributed by atoms with van der Waals surface area (Å²) >= 11 is 0. The number of nitrogens with one attached hydrogen (secondary N) is 2. The molecule has 0 aliphatic heterocycles. The lowest BCUT2D eigenvalue weighted by atomic mass is 10.1. The van der Waals surface area contributed by atoms with Crippen molar-refractivity contribution >= 4 is 30.7 Å². The predicted octanol–water partition coefficient (Wildman–Crippen LogP) is 1.86. The van der Waals surface area contributed by atoms with Crippen LogP contribution in [0.15, 0.2) is 30.3 Å². The van der Waals surface area contributed by atoms with Crippen LogP contribution in [0, 0.1) is 0 Å². The molecule has 0 bridgehead atoms. The van der Waals surface area contributed by atoms with Crippen LogP contribution < -0.4 is 10.6 Å². The lowest BCUT2D eigenvalue weighted by Crippen LogP contribution is -2.37. The van der Waals surface area contributed by atoms with Gasteiger partial charge in [0, 0.05) is 6.54 Å². The van der Waals surface area contributed by atoms with E-state index in [1.54, 1.807) is 0 Å². The van der Waals surface area contributed by atoms with Crippen molar-refractivity contribution in [2.24, 2.45) is 0 Å². The van der Waals surface area contributed by atoms with Gasteiger partial charge in [-0.3, -0.25) is 9.69 Å². The third-order valence-corrected chi connectivity index (χ3v) is 2.78. The Labute approximate surface area is 134 Å². The van der Waals surface area contributed by atoms with E-state index in [0.29, 0.717) is 6.54 Å². The van der Waals surface area contributed by atoms with Gasteiger partial charge in [0.1, 0.15) is 6.04 Å². The van der Waals surface area contributed by atoms with Crippen molar-refractivity contribution in [2.75, 3.05) is 34.2 Å². The molecular weight excluding hydrogens is 297 g/mol. The lowest BCUT2D eigenvalue weighted by Gasteiger charge is -2.23. The van der Waals surface area contributed by atoms with E-state index in [-0.39, 0.29) is 36.8 Å². The van der Waals surface area contributed by atoms with Crippen molar-refractivity contribution < 1.29 is 4.79 Å². The van der Waals surface area contributed by atoms with E-state index in [9.17, 15) is 4.79 Å². The average Bonchev–Trinajstić information content (AvgIpc) is 2.36. The van der Waals surface area contributed by atoms with Crippen LogP contribution in [0.3, 0.4) is 0 Å². The van der Waals surface area contributed by atoms with Gasteiger partial charge in [-0.2, -0.15) is 0 Å². The Kier molecular flexibility index (Phi) is 12.9. The first-order valence-electron chi connectivity index (χ1n) is 6.30. The maximum absolute atomic E-state index is 12.2. The molecule has 2 N–H and O–H groups in total. The highest BCUT2D eigenvalue weighted by molar-refractivity contribution is 5.85. The highest BCUT2D eigenvalue weighted by atomic mass is 35.5. The molecule has 1 unspecified atom stereocenters. The van der Waals surface area contributed by atoms with Crippen LogP contribution in [-0.2, 0) is 4.79 Å². The van der Waals surface area contributed by atoms with Gasteiger partial charge in [0.15, 0.2) is 0 Å². The molecule has 0 radical (unpaired) electrons. The molecule has 6 heteroatoms. The van der Waals surface area contributed by atoms with Gasteiger partial charge >= 0.3 is 0 Å². The van der Waals surface area contributed by atoms with Crippen molar-refractivity contribution in [3.63, 3.8) is 0 Å². The minimum Gasteiger partial charge on any atom is -0.354 e. The van der Waals surface area contributed by atoms with Gasteiger partial charge in [-0.1, -0.05) is 30.3 Å². The summed E-state index contributed by atoms with van der Waals surface area (Å²) in [5.41, 5.74) is 1.02. The van der Waals surface area contributed by atoms with E-state index in [1.807, 2.05) is 56.4 Å². The molecule has 1 rings (SSSR count). The van der Waals surface area contributed by atoms with Gasteiger partial charge in [-0.05, 0) is 39.7 Å². The van der Waals surface area contributed by atoms with Gasteiger partial charge in [0.05, 0.1) is 0 Å². The Morgan fingerprint density at radius 1 is 1.15 bits per heavy atom. The molecule has 1 aromatic carbocycles. The first kappa shape index (κ1) is 21.5. The zero-order chi connectivity index (χ0) is 13.4. The second-order valence-corrected chi connectivity index (χ2v) is 4.52. The maximum Gasteiger partial charge on any atom is 0.241 e. The number of halogens is 2. The molecule has 0 aliphatic rings. The minimum absolute atomic E-state index is 0. The molecule has 1 aromatic rings. The molecule has 0 fully saturated rings. The number of hydrogen-bond donors (Lipinski definition) is 2. The number of hydrogen-bond acceptors (Lipinski definition) is 3. The second kappa shape index (κ2) is 12.0. The standard InChI is InChI=1S/C14H23N3O.2ClH/c1-15-10-7-11-16-14(18)13(17(2)3)12-8-5-4-6-9-12;;/h4-6,8-9,13,15H,7,10-11H2,1-3H3,(H,16,18);2*1H. The molecular formula is C14H25Cl2N3O. The van der Waals surface area contributed by atoms with E-state index in [2.05, 4.69) is 10.6 Å². The van der Waals surface area contributed by atoms with Gasteiger partial charge in [0.2, 0.25) is 5.91 Å². The van der Waals surface area contributed by atoms with Gasteiger partial charge in [-0.25, -0.2) is 0 Å². The number of nitrogens with zero attached hydrogens (tertiary/aromatic N) is 1. The van der Waals surface area contributed by atoms with Crippen molar-refractivity contribution in [3.8, 4) is 0 Å². The lowest BCUT2D eigenvalue weighted by molar-refractivity contribution is -0.125. The summed E-state index contributed by atoms with van der Waals surface area (Å²) in [4.78, 5) is 14.1. The fourth-order valence-corrected chi connectivity index (χ4v) is 1.89. The highest BCUT2D eigenvalue weighted by Gasteiger charge is 2.21. The van der Waals surface area contributed by atoms with E-state index in [1.165, 1.54) is 0 Å². The summed E-state index contributed by atoms with van der Waals surface area (Å²) in [6.07, 6.45) is 0.942. The molecule has 0 saturated carbocycles. The Morgan fingerprint density at radius 2 is 1.75 bits per heavy atom. The number of rotatable bonds is 7. The van der Waals surface area contributed by atoms with Crippen molar-refractivity contribution in [1.82, 2.24) is 15.5 Å². The van der Waals surface area contributed by atoms with Crippen LogP contribution >= 0.6 is 24.8 Å². The van der Waals surface area contributed by atoms with Crippen LogP contribution in [0.1, 0.15) is 18.0 Å². The topological polar surface area (TPSA) is 44.4 Å². The van der Waals surface area contributed by atoms with Crippen LogP contribution in [0.5, 0.6) is 0 Å². The Hall–Kier alpha value is -0.810. The van der Waals surface area contributed by atoms with Gasteiger partial charge < -0.3 is 10.6 Å². The summed E-state index contributed by atoms with van der Waals surface area (Å²) in [5.74, 6) is 0.0577. The molecule has 1 atom stereocenters. The molecule has 0 aliphatic carbocycles. The number of benzene rings is 1. The Balaban J connectivity index is 0. The largest absolute Gasteiger partial charge is 0.354 e. The summed E-state index contributed by atoms with van der Waals surface area (Å²) < 4.78 is 0. The summed E-state index contributed by atoms with van der Waals surface area (Å²) in [6, 6.07) is 9.62. The summed E-state index contributed by atoms with van der Waals surface area (Å²) in [5, 5.41) is 6.04. The highest BCUT2D eigenvalue weighted by Crippen LogP contribution is 2.17. The summed E-state index contributed by atoms with van der Waals surface area (Å²) in [6.45, 7) is 1.62. The normalized spacial score (nSPS) is 11.2. The van der Waals surface area contributed by atoms with Crippen LogP contribution in [0.2, 0.25) is 0 Å². The van der Waals surface area contributed by atoms with E-state index >= 15 is 0 Å². The molecule has 0 spiro atoms. The summed E-state index contributed by atoms with van der Waals surface area (Å²) in [7, 11) is 5.75. The fourth-order valence-electron chi connectivity index (χ4n) is 1.89. The fraction of sp³-hybridized carbons (Fsp3) is 0.500. The van der Waals surface area contributed by atoms with Crippen LogP contribution in [0.4, 0.5) is 0 Å². The van der Waals surface area contributed by atoms with Crippen molar-refractivity contribution in [2.45, 2.75) is 12.5 Å². The second-order valence-electron chi connectivity index (χ2n) is 4.52. The molecule has 4 nitrogen and oxygen atoms in total. The van der Waals surface area contributed by atoms with E-state index < -0.39 is 0 Å². The predicted molar refractivity (Wildman–Crippen MR) is 88.9 cm³/mol. The Morgan fingerprint density at radius 3 is 2.25 bits per heavy atom. The molecule has 1 amide bonds. The first-order valence-corrected chi connectivity index (χ1v) is 6.30. The quantitative estimate of drug-likeness (QED) is 0.753. The zero-order valence-electron chi connectivity index (χ0n) is 12.3. The first-order chi connectivity index (χ1) is 8.66. The molecule has 0 saturated heterocycles. The minimum atomic E-state index is -0.221. The van der Waals surface area contributed by atoms with Gasteiger partial charge in [-0.15, -0.1) is 24.8 Å². The zero-order valence-corrected chi connectivity index (χ0v) is 13.9. The Bertz CT molecular complexity index is 361. The number of amides is 1. The monoisotopic (exact) mass is 321 g/mol. The van der Waals surface area contributed by atoms with Crippen molar-refractivity contribution in [3.05, 3.63) is 35.9 Å². The number of likely N-dealkylation sites (N-methyl/N-ethyl adjacent to an activating group) is 1. The van der Waals surface area contributed by atoms with E-state index in [4.69, 9.17) is 0 Å². The van der Waals surface area contributed by atoms with Crippen LogP contribution in [0.25, 0.3) is 0 Å². The SMILES string of the molecule is CNCCCNC(=O)C(c1ccccc1)N(C)C.Cl.Cl. The van der Waals surface area contributed by atoms with Crippen LogP contribution in [-0.4, -0.2) is 45.0 Å². The maximum atomic E-state index is 12.2. The number of carbonyl (C=O) groups is 1. The number of carbonyl (C=O) groups excluding carboxylic acids is 1. The average molecular weight is 322 g/mol. The molecule has 20 heavy (non-hydrogen) atoms. The molecule has 0 aromatic heterocycles. The smallest absolute Gasteiger partial charge is 0.241 e. The molecule has 116 valence electrons.